The van der Waals surface area contributed by atoms with Crippen molar-refractivity contribution in [3.63, 3.8) is 0 Å². The molecule has 0 saturated carbocycles. The van der Waals surface area contributed by atoms with Gasteiger partial charge in [0.1, 0.15) is 0 Å². The van der Waals surface area contributed by atoms with Gasteiger partial charge in [-0.05, 0) is 14.1 Å². The molecule has 0 unspecified atom stereocenters. The molecule has 6 heavy (non-hydrogen) atoms. The smallest absolute Gasteiger partial charge is 0.339 e. The van der Waals surface area contributed by atoms with E-state index in [4.69, 9.17) is 0 Å². The zero-order chi connectivity index (χ0) is 4.28. The average Bonchev–Trinajstić information content (AvgIpc) is 1.38. The van der Waals surface area contributed by atoms with Gasteiger partial charge in [0.15, 0.2) is 0 Å². The predicted molar refractivity (Wildman–Crippen MR) is 23.9 cm³/mol. The zero-order valence-electron chi connectivity index (χ0n) is 4.86. The third-order valence-corrected chi connectivity index (χ3v) is 0.447. The number of hydrogen-bond donors (Lipinski definition) is 0. The summed E-state index contributed by atoms with van der Waals surface area (Å²) < 4.78 is 0. The van der Waals surface area contributed by atoms with E-state index in [2.05, 4.69) is 6.92 Å². The molecule has 32 valence electrons. The summed E-state index contributed by atoms with van der Waals surface area (Å²) in [6.07, 6.45) is 0. The van der Waals surface area contributed by atoms with E-state index in [1.165, 1.54) is 0 Å². The van der Waals surface area contributed by atoms with Crippen molar-refractivity contribution < 1.29 is 29.6 Å². The maximum absolute atomic E-state index is 3.61. The second-order valence-electron chi connectivity index (χ2n) is 1.30. The molecule has 0 aliphatic carbocycles. The van der Waals surface area contributed by atoms with Crippen LogP contribution < -0.4 is 29.6 Å². The van der Waals surface area contributed by atoms with Crippen molar-refractivity contribution in [2.45, 2.75) is 0 Å². The molecule has 1 nitrogen and oxygen atoms in total. The summed E-state index contributed by atoms with van der Waals surface area (Å²) in [6.45, 7) is 4.50. The minimum Gasteiger partial charge on any atom is -0.339 e. The van der Waals surface area contributed by atoms with Crippen LogP contribution in [0.15, 0.2) is 0 Å². The Hall–Kier alpha value is 0.960. The van der Waals surface area contributed by atoms with Gasteiger partial charge >= 0.3 is 29.6 Å². The van der Waals surface area contributed by atoms with Gasteiger partial charge in [-0.3, -0.25) is 0 Å². The Morgan fingerprint density at radius 1 is 1.50 bits per heavy atom. The molecule has 0 atom stereocenters. The molecule has 0 amide bonds. The maximum Gasteiger partial charge on any atom is 1.00 e. The third-order valence-electron chi connectivity index (χ3n) is 0.447. The Morgan fingerprint density at radius 3 is 1.67 bits per heavy atom. The van der Waals surface area contributed by atoms with Crippen molar-refractivity contribution in [2.24, 2.45) is 0 Å². The Balaban J connectivity index is 0. The summed E-state index contributed by atoms with van der Waals surface area (Å²) in [5.41, 5.74) is 0. The summed E-state index contributed by atoms with van der Waals surface area (Å²) in [5.74, 6) is 0. The number of nitrogens with zero attached hydrogens (tertiary/aromatic N) is 1. The molecule has 0 aromatic heterocycles. The molecule has 0 saturated heterocycles. The van der Waals surface area contributed by atoms with Gasteiger partial charge in [0.2, 0.25) is 0 Å². The molecule has 0 fully saturated rings. The number of hydrogen-bond acceptors (Lipinski definition) is 1. The van der Waals surface area contributed by atoms with Crippen molar-refractivity contribution in [1.82, 2.24) is 4.90 Å². The molecular formula is C4H10NNa. The van der Waals surface area contributed by atoms with Crippen LogP contribution in [0, 0.1) is 6.92 Å². The van der Waals surface area contributed by atoms with Gasteiger partial charge in [-0.15, -0.1) is 6.54 Å². The molecule has 0 aliphatic rings. The molecular weight excluding hydrogens is 85.0 g/mol. The fourth-order valence-corrected chi connectivity index (χ4v) is 0. The fourth-order valence-electron chi connectivity index (χ4n) is 0. The van der Waals surface area contributed by atoms with Crippen LogP contribution in [0.3, 0.4) is 0 Å². The van der Waals surface area contributed by atoms with Crippen molar-refractivity contribution >= 4 is 0 Å². The van der Waals surface area contributed by atoms with Crippen LogP contribution in [0.1, 0.15) is 0 Å². The van der Waals surface area contributed by atoms with Crippen molar-refractivity contribution in [3.05, 3.63) is 6.92 Å². The topological polar surface area (TPSA) is 3.24 Å². The van der Waals surface area contributed by atoms with Gasteiger partial charge in [0.05, 0.1) is 0 Å². The van der Waals surface area contributed by atoms with E-state index in [0.717, 1.165) is 6.54 Å². The molecule has 0 bridgehead atoms. The summed E-state index contributed by atoms with van der Waals surface area (Å²) in [7, 11) is 3.99. The van der Waals surface area contributed by atoms with E-state index < -0.39 is 0 Å². The van der Waals surface area contributed by atoms with Gasteiger partial charge in [-0.1, -0.05) is 0 Å². The van der Waals surface area contributed by atoms with Crippen LogP contribution >= 0.6 is 0 Å². The van der Waals surface area contributed by atoms with E-state index in [0.29, 0.717) is 0 Å². The van der Waals surface area contributed by atoms with Crippen LogP contribution in [0.5, 0.6) is 0 Å². The van der Waals surface area contributed by atoms with Crippen LogP contribution in [-0.4, -0.2) is 25.5 Å². The van der Waals surface area contributed by atoms with E-state index in [1.54, 1.807) is 0 Å². The molecule has 2 heteroatoms. The number of rotatable bonds is 1. The van der Waals surface area contributed by atoms with E-state index in [1.807, 2.05) is 19.0 Å². The first-order chi connectivity index (χ1) is 2.27. The standard InChI is InChI=1S/C4H10N.Na/c1-4-5(2)3;/h1,4H2,2-3H3;/q-1;+1. The molecule has 0 heterocycles. The molecule has 0 aromatic rings. The summed E-state index contributed by atoms with van der Waals surface area (Å²) in [5, 5.41) is 0. The maximum atomic E-state index is 3.61. The zero-order valence-corrected chi connectivity index (χ0v) is 6.86. The first kappa shape index (κ1) is 10.0. The first-order valence-corrected chi connectivity index (χ1v) is 1.71. The summed E-state index contributed by atoms with van der Waals surface area (Å²) in [4.78, 5) is 2.01. The largest absolute Gasteiger partial charge is 1.00 e. The first-order valence-electron chi connectivity index (χ1n) is 1.71. The molecule has 0 aliphatic heterocycles. The van der Waals surface area contributed by atoms with Gasteiger partial charge in [0, 0.05) is 0 Å². The van der Waals surface area contributed by atoms with Gasteiger partial charge < -0.3 is 11.8 Å². The third kappa shape index (κ3) is 8.88. The van der Waals surface area contributed by atoms with Crippen molar-refractivity contribution in [1.29, 1.82) is 0 Å². The molecule has 0 radical (unpaired) electrons. The van der Waals surface area contributed by atoms with Crippen molar-refractivity contribution in [3.8, 4) is 0 Å². The van der Waals surface area contributed by atoms with E-state index in [9.17, 15) is 0 Å². The Morgan fingerprint density at radius 2 is 1.67 bits per heavy atom. The molecule has 0 aromatic carbocycles. The SMILES string of the molecule is [CH2-]CN(C)C.[Na+]. The van der Waals surface area contributed by atoms with E-state index >= 15 is 0 Å². The summed E-state index contributed by atoms with van der Waals surface area (Å²) >= 11 is 0. The van der Waals surface area contributed by atoms with Gasteiger partial charge in [0.25, 0.3) is 0 Å². The minimum absolute atomic E-state index is 0. The van der Waals surface area contributed by atoms with Crippen molar-refractivity contribution in [2.75, 3.05) is 20.6 Å². The quantitative estimate of drug-likeness (QED) is 0.255. The summed E-state index contributed by atoms with van der Waals surface area (Å²) in [6, 6.07) is 0. The molecule has 0 spiro atoms. The predicted octanol–water partition coefficient (Wildman–Crippen LogP) is -2.61. The van der Waals surface area contributed by atoms with Crippen LogP contribution in [0.2, 0.25) is 0 Å². The Kier molecular flexibility index (Phi) is 9.98. The molecule has 0 N–H and O–H groups in total. The van der Waals surface area contributed by atoms with Crippen LogP contribution in [0.4, 0.5) is 0 Å². The molecule has 0 rings (SSSR count). The normalized spacial score (nSPS) is 8.00. The second kappa shape index (κ2) is 5.96. The Bertz CT molecular complexity index is 21.5. The van der Waals surface area contributed by atoms with Crippen LogP contribution in [0.25, 0.3) is 0 Å². The van der Waals surface area contributed by atoms with Gasteiger partial charge in [-0.2, -0.15) is 0 Å². The van der Waals surface area contributed by atoms with Gasteiger partial charge in [-0.25, -0.2) is 0 Å². The fraction of sp³-hybridized carbons (Fsp3) is 0.750. The second-order valence-corrected chi connectivity index (χ2v) is 1.30. The average molecular weight is 95.1 g/mol. The Labute approximate surface area is 62.0 Å². The monoisotopic (exact) mass is 95.1 g/mol. The van der Waals surface area contributed by atoms with Crippen LogP contribution in [-0.2, 0) is 0 Å². The van der Waals surface area contributed by atoms with E-state index in [-0.39, 0.29) is 29.6 Å². The minimum atomic E-state index is 0.